The zero-order valence-corrected chi connectivity index (χ0v) is 11.9. The summed E-state index contributed by atoms with van der Waals surface area (Å²) in [7, 11) is 0. The van der Waals surface area contributed by atoms with Gasteiger partial charge in [0.25, 0.3) is 0 Å². The SMILES string of the molecule is CCCC[N+]1(C2CCCCCCC2)CCCC1. The minimum absolute atomic E-state index is 1.03. The molecule has 1 aliphatic carbocycles. The number of hydrogen-bond acceptors (Lipinski definition) is 0. The quantitative estimate of drug-likeness (QED) is 0.632. The summed E-state index contributed by atoms with van der Waals surface area (Å²) >= 11 is 0. The van der Waals surface area contributed by atoms with Gasteiger partial charge in [0, 0.05) is 12.8 Å². The van der Waals surface area contributed by atoms with Gasteiger partial charge in [0.05, 0.1) is 25.7 Å². The topological polar surface area (TPSA) is 0 Å². The van der Waals surface area contributed by atoms with Crippen LogP contribution in [0.15, 0.2) is 0 Å². The lowest BCUT2D eigenvalue weighted by Crippen LogP contribution is -2.54. The van der Waals surface area contributed by atoms with E-state index in [4.69, 9.17) is 0 Å². The van der Waals surface area contributed by atoms with Crippen molar-refractivity contribution in [1.82, 2.24) is 0 Å². The van der Waals surface area contributed by atoms with Gasteiger partial charge in [0.1, 0.15) is 0 Å². The first-order chi connectivity index (χ1) is 8.37. The Morgan fingerprint density at radius 1 is 0.824 bits per heavy atom. The van der Waals surface area contributed by atoms with Crippen LogP contribution in [-0.4, -0.2) is 30.2 Å². The van der Waals surface area contributed by atoms with Gasteiger partial charge in [-0.05, 0) is 32.1 Å². The van der Waals surface area contributed by atoms with Gasteiger partial charge in [-0.15, -0.1) is 0 Å². The molecule has 1 heterocycles. The van der Waals surface area contributed by atoms with Gasteiger partial charge in [-0.2, -0.15) is 0 Å². The van der Waals surface area contributed by atoms with Crippen molar-refractivity contribution in [1.29, 1.82) is 0 Å². The summed E-state index contributed by atoms with van der Waals surface area (Å²) in [6.07, 6.45) is 16.4. The second-order valence-corrected chi connectivity index (χ2v) is 6.45. The third-order valence-electron chi connectivity index (χ3n) is 5.26. The highest BCUT2D eigenvalue weighted by Crippen LogP contribution is 2.32. The highest BCUT2D eigenvalue weighted by molar-refractivity contribution is 4.69. The number of quaternary nitrogens is 1. The molecule has 0 radical (unpaired) electrons. The van der Waals surface area contributed by atoms with Crippen molar-refractivity contribution in [3.63, 3.8) is 0 Å². The molecule has 0 aromatic carbocycles. The molecule has 1 heteroatoms. The normalized spacial score (nSPS) is 26.6. The monoisotopic (exact) mass is 238 g/mol. The molecule has 1 saturated heterocycles. The molecule has 0 N–H and O–H groups in total. The van der Waals surface area contributed by atoms with Crippen molar-refractivity contribution >= 4 is 0 Å². The fraction of sp³-hybridized carbons (Fsp3) is 1.00. The second kappa shape index (κ2) is 6.78. The average molecular weight is 238 g/mol. The van der Waals surface area contributed by atoms with E-state index in [1.807, 2.05) is 0 Å². The molecule has 0 aromatic heterocycles. The van der Waals surface area contributed by atoms with E-state index < -0.39 is 0 Å². The molecule has 1 saturated carbocycles. The van der Waals surface area contributed by atoms with E-state index in [0.29, 0.717) is 0 Å². The summed E-state index contributed by atoms with van der Waals surface area (Å²) in [6.45, 7) is 6.85. The Hall–Kier alpha value is -0.0400. The third-order valence-corrected chi connectivity index (χ3v) is 5.26. The lowest BCUT2D eigenvalue weighted by molar-refractivity contribution is -0.941. The number of nitrogens with zero attached hydrogens (tertiary/aromatic N) is 1. The average Bonchev–Trinajstić information content (AvgIpc) is 2.75. The highest BCUT2D eigenvalue weighted by Gasteiger charge is 2.38. The van der Waals surface area contributed by atoms with Crippen LogP contribution in [0.2, 0.25) is 0 Å². The summed E-state index contributed by atoms with van der Waals surface area (Å²) in [6, 6.07) is 1.03. The van der Waals surface area contributed by atoms with Crippen molar-refractivity contribution < 1.29 is 4.48 Å². The van der Waals surface area contributed by atoms with Crippen molar-refractivity contribution in [2.75, 3.05) is 19.6 Å². The molecule has 1 nitrogen and oxygen atoms in total. The van der Waals surface area contributed by atoms with E-state index >= 15 is 0 Å². The fourth-order valence-electron chi connectivity index (χ4n) is 4.19. The van der Waals surface area contributed by atoms with Gasteiger partial charge >= 0.3 is 0 Å². The van der Waals surface area contributed by atoms with Crippen LogP contribution in [0.1, 0.15) is 77.6 Å². The van der Waals surface area contributed by atoms with E-state index in [0.717, 1.165) is 6.04 Å². The van der Waals surface area contributed by atoms with Crippen LogP contribution in [0.4, 0.5) is 0 Å². The van der Waals surface area contributed by atoms with Crippen LogP contribution < -0.4 is 0 Å². The molecular weight excluding hydrogens is 206 g/mol. The van der Waals surface area contributed by atoms with Gasteiger partial charge < -0.3 is 4.48 Å². The van der Waals surface area contributed by atoms with Crippen LogP contribution in [0.5, 0.6) is 0 Å². The fourth-order valence-corrected chi connectivity index (χ4v) is 4.19. The predicted molar refractivity (Wildman–Crippen MR) is 75.1 cm³/mol. The molecule has 2 fully saturated rings. The smallest absolute Gasteiger partial charge is 0.0890 e. The molecule has 0 spiro atoms. The van der Waals surface area contributed by atoms with Gasteiger partial charge in [-0.25, -0.2) is 0 Å². The Labute approximate surface area is 108 Å². The Kier molecular flexibility index (Phi) is 5.34. The molecule has 2 aliphatic rings. The van der Waals surface area contributed by atoms with Crippen LogP contribution in [-0.2, 0) is 0 Å². The first-order valence-electron chi connectivity index (χ1n) is 8.23. The molecule has 0 bridgehead atoms. The van der Waals surface area contributed by atoms with Crippen molar-refractivity contribution in [3.8, 4) is 0 Å². The van der Waals surface area contributed by atoms with Crippen molar-refractivity contribution in [3.05, 3.63) is 0 Å². The molecule has 0 unspecified atom stereocenters. The van der Waals surface area contributed by atoms with Crippen LogP contribution >= 0.6 is 0 Å². The maximum absolute atomic E-state index is 2.35. The third kappa shape index (κ3) is 3.47. The number of unbranched alkanes of at least 4 members (excludes halogenated alkanes) is 1. The van der Waals surface area contributed by atoms with Crippen LogP contribution in [0, 0.1) is 0 Å². The van der Waals surface area contributed by atoms with Gasteiger partial charge in [-0.3, -0.25) is 0 Å². The first-order valence-corrected chi connectivity index (χ1v) is 8.23. The summed E-state index contributed by atoms with van der Waals surface area (Å²) in [4.78, 5) is 0. The first kappa shape index (κ1) is 13.4. The molecule has 1 aliphatic heterocycles. The lowest BCUT2D eigenvalue weighted by atomic mass is 9.93. The predicted octanol–water partition coefficient (Wildman–Crippen LogP) is 4.51. The minimum atomic E-state index is 1.03. The van der Waals surface area contributed by atoms with Gasteiger partial charge in [0.2, 0.25) is 0 Å². The molecule has 100 valence electrons. The molecule has 0 atom stereocenters. The van der Waals surface area contributed by atoms with Crippen molar-refractivity contribution in [2.45, 2.75) is 83.6 Å². The maximum Gasteiger partial charge on any atom is 0.0890 e. The van der Waals surface area contributed by atoms with Crippen molar-refractivity contribution in [2.24, 2.45) is 0 Å². The Morgan fingerprint density at radius 2 is 1.41 bits per heavy atom. The molecular formula is C16H32N+. The highest BCUT2D eigenvalue weighted by atomic mass is 15.4. The van der Waals surface area contributed by atoms with E-state index in [1.54, 1.807) is 0 Å². The Bertz CT molecular complexity index is 198. The Morgan fingerprint density at radius 3 is 2.00 bits per heavy atom. The number of hydrogen-bond donors (Lipinski definition) is 0. The van der Waals surface area contributed by atoms with E-state index in [-0.39, 0.29) is 0 Å². The van der Waals surface area contributed by atoms with Gasteiger partial charge in [-0.1, -0.05) is 32.6 Å². The minimum Gasteiger partial charge on any atom is -0.321 e. The summed E-state index contributed by atoms with van der Waals surface area (Å²) in [5.74, 6) is 0. The van der Waals surface area contributed by atoms with E-state index in [9.17, 15) is 0 Å². The summed E-state index contributed by atoms with van der Waals surface area (Å²) in [5, 5.41) is 0. The number of rotatable bonds is 4. The van der Waals surface area contributed by atoms with E-state index in [2.05, 4.69) is 6.92 Å². The second-order valence-electron chi connectivity index (χ2n) is 6.45. The molecule has 17 heavy (non-hydrogen) atoms. The molecule has 2 rings (SSSR count). The summed E-state index contributed by atoms with van der Waals surface area (Å²) < 4.78 is 1.52. The summed E-state index contributed by atoms with van der Waals surface area (Å²) in [5.41, 5.74) is 0. The maximum atomic E-state index is 2.35. The lowest BCUT2D eigenvalue weighted by Gasteiger charge is -2.43. The zero-order valence-electron chi connectivity index (χ0n) is 11.9. The van der Waals surface area contributed by atoms with E-state index in [1.165, 1.54) is 94.7 Å². The standard InChI is InChI=1S/C16H32N/c1-2-3-13-17(14-9-10-15-17)16-11-7-5-4-6-8-12-16/h16H,2-15H2,1H3/q+1. The molecule has 0 amide bonds. The largest absolute Gasteiger partial charge is 0.321 e. The van der Waals surface area contributed by atoms with Gasteiger partial charge in [0.15, 0.2) is 0 Å². The zero-order chi connectivity index (χ0) is 12.0. The van der Waals surface area contributed by atoms with Crippen LogP contribution in [0.3, 0.4) is 0 Å². The molecule has 0 aromatic rings. The Balaban J connectivity index is 1.97. The number of likely N-dealkylation sites (tertiary alicyclic amines) is 1. The van der Waals surface area contributed by atoms with Crippen LogP contribution in [0.25, 0.3) is 0 Å².